The van der Waals surface area contributed by atoms with E-state index in [1.807, 2.05) is 31.1 Å². The standard InChI is InChI=1S/C17H14ClF3N4/c1-24(2)8-10-3-4-13-12(5-10)15-16(25(13)9-17(19,20)21)14(18)11(6-22)7-23-15/h3-5,7H,8-9H2,1-2H3. The van der Waals surface area contributed by atoms with Crippen LogP contribution in [0, 0.1) is 11.3 Å². The summed E-state index contributed by atoms with van der Waals surface area (Å²) in [6.07, 6.45) is -3.13. The molecule has 3 aromatic rings. The van der Waals surface area contributed by atoms with E-state index in [0.29, 0.717) is 23.0 Å². The first-order valence-corrected chi connectivity index (χ1v) is 7.80. The quantitative estimate of drug-likeness (QED) is 0.692. The van der Waals surface area contributed by atoms with Gasteiger partial charge in [0.25, 0.3) is 0 Å². The van der Waals surface area contributed by atoms with Crippen LogP contribution < -0.4 is 0 Å². The van der Waals surface area contributed by atoms with Crippen LogP contribution in [0.3, 0.4) is 0 Å². The van der Waals surface area contributed by atoms with Crippen molar-refractivity contribution in [2.75, 3.05) is 14.1 Å². The summed E-state index contributed by atoms with van der Waals surface area (Å²) in [5.41, 5.74) is 1.89. The van der Waals surface area contributed by atoms with Gasteiger partial charge in [-0.1, -0.05) is 17.7 Å². The Bertz CT molecular complexity index is 999. The first-order chi connectivity index (χ1) is 11.7. The van der Waals surface area contributed by atoms with Gasteiger partial charge in [-0.25, -0.2) is 0 Å². The second-order valence-corrected chi connectivity index (χ2v) is 6.46. The van der Waals surface area contributed by atoms with Crippen LogP contribution in [0.25, 0.3) is 21.9 Å². The minimum Gasteiger partial charge on any atom is -0.329 e. The Kier molecular flexibility index (Phi) is 4.35. The number of hydrogen-bond donors (Lipinski definition) is 0. The van der Waals surface area contributed by atoms with Crippen molar-refractivity contribution < 1.29 is 13.2 Å². The topological polar surface area (TPSA) is 44.9 Å². The molecular formula is C17H14ClF3N4. The molecule has 0 amide bonds. The van der Waals surface area contributed by atoms with E-state index in [4.69, 9.17) is 16.9 Å². The van der Waals surface area contributed by atoms with E-state index in [-0.39, 0.29) is 16.1 Å². The third kappa shape index (κ3) is 3.28. The molecule has 0 fully saturated rings. The van der Waals surface area contributed by atoms with Gasteiger partial charge in [-0.15, -0.1) is 0 Å². The zero-order valence-electron chi connectivity index (χ0n) is 13.5. The number of fused-ring (bicyclic) bond motifs is 3. The SMILES string of the molecule is CN(C)Cc1ccc2c(c1)c1ncc(C#N)c(Cl)c1n2CC(F)(F)F. The second-order valence-electron chi connectivity index (χ2n) is 6.09. The van der Waals surface area contributed by atoms with Crippen molar-refractivity contribution in [3.8, 4) is 6.07 Å². The molecule has 0 atom stereocenters. The van der Waals surface area contributed by atoms with Gasteiger partial charge in [0.1, 0.15) is 12.6 Å². The number of nitriles is 1. The summed E-state index contributed by atoms with van der Waals surface area (Å²) in [6.45, 7) is -0.553. The summed E-state index contributed by atoms with van der Waals surface area (Å²) in [7, 11) is 3.82. The van der Waals surface area contributed by atoms with Crippen LogP contribution in [0.4, 0.5) is 13.2 Å². The van der Waals surface area contributed by atoms with Gasteiger partial charge in [0.2, 0.25) is 0 Å². The molecule has 1 aromatic carbocycles. The first-order valence-electron chi connectivity index (χ1n) is 7.42. The molecule has 0 bridgehead atoms. The van der Waals surface area contributed by atoms with E-state index < -0.39 is 12.7 Å². The van der Waals surface area contributed by atoms with E-state index in [9.17, 15) is 13.2 Å². The van der Waals surface area contributed by atoms with Crippen LogP contribution in [0.2, 0.25) is 5.02 Å². The Hall–Kier alpha value is -2.30. The fourth-order valence-electron chi connectivity index (χ4n) is 2.94. The summed E-state index contributed by atoms with van der Waals surface area (Å²) in [6, 6.07) is 7.11. The van der Waals surface area contributed by atoms with Crippen molar-refractivity contribution in [3.05, 3.63) is 40.5 Å². The Labute approximate surface area is 147 Å². The summed E-state index contributed by atoms with van der Waals surface area (Å²) in [4.78, 5) is 6.17. The highest BCUT2D eigenvalue weighted by Crippen LogP contribution is 2.36. The summed E-state index contributed by atoms with van der Waals surface area (Å²) < 4.78 is 40.3. The third-order valence-electron chi connectivity index (χ3n) is 3.82. The van der Waals surface area contributed by atoms with Gasteiger partial charge in [0.15, 0.2) is 0 Å². The lowest BCUT2D eigenvalue weighted by Gasteiger charge is -2.12. The van der Waals surface area contributed by atoms with Gasteiger partial charge in [-0.2, -0.15) is 18.4 Å². The average molecular weight is 367 g/mol. The molecule has 130 valence electrons. The minimum absolute atomic E-state index is 0.0119. The zero-order valence-corrected chi connectivity index (χ0v) is 14.3. The molecule has 0 saturated heterocycles. The highest BCUT2D eigenvalue weighted by atomic mass is 35.5. The third-order valence-corrected chi connectivity index (χ3v) is 4.21. The molecule has 8 heteroatoms. The number of rotatable bonds is 3. The largest absolute Gasteiger partial charge is 0.406 e. The zero-order chi connectivity index (χ0) is 18.4. The Morgan fingerprint density at radius 3 is 2.64 bits per heavy atom. The van der Waals surface area contributed by atoms with Crippen molar-refractivity contribution in [2.24, 2.45) is 0 Å². The lowest BCUT2D eigenvalue weighted by Crippen LogP contribution is -2.17. The van der Waals surface area contributed by atoms with Crippen molar-refractivity contribution >= 4 is 33.5 Å². The molecule has 0 saturated carbocycles. The van der Waals surface area contributed by atoms with Gasteiger partial charge in [-0.05, 0) is 31.8 Å². The maximum atomic E-state index is 13.1. The van der Waals surface area contributed by atoms with Crippen LogP contribution >= 0.6 is 11.6 Å². The molecule has 0 spiro atoms. The minimum atomic E-state index is -4.42. The Balaban J connectivity index is 2.37. The molecule has 0 aliphatic heterocycles. The lowest BCUT2D eigenvalue weighted by atomic mass is 10.1. The van der Waals surface area contributed by atoms with Gasteiger partial charge in [0.05, 0.1) is 27.1 Å². The molecule has 0 unspecified atom stereocenters. The lowest BCUT2D eigenvalue weighted by molar-refractivity contribution is -0.139. The predicted molar refractivity (Wildman–Crippen MR) is 90.4 cm³/mol. The number of benzene rings is 1. The molecule has 2 aromatic heterocycles. The second kappa shape index (κ2) is 6.21. The Morgan fingerprint density at radius 1 is 1.32 bits per heavy atom. The fraction of sp³-hybridized carbons (Fsp3) is 0.294. The molecule has 4 nitrogen and oxygen atoms in total. The number of alkyl halides is 3. The molecule has 3 rings (SSSR count). The van der Waals surface area contributed by atoms with Crippen LogP contribution in [-0.4, -0.2) is 34.7 Å². The normalized spacial score (nSPS) is 12.2. The molecular weight excluding hydrogens is 353 g/mol. The van der Waals surface area contributed by atoms with Crippen LogP contribution in [0.1, 0.15) is 11.1 Å². The van der Waals surface area contributed by atoms with E-state index in [2.05, 4.69) is 4.98 Å². The van der Waals surface area contributed by atoms with Gasteiger partial charge < -0.3 is 9.47 Å². The Morgan fingerprint density at radius 2 is 2.04 bits per heavy atom. The predicted octanol–water partition coefficient (Wildman–Crippen LogP) is 4.34. The molecule has 25 heavy (non-hydrogen) atoms. The van der Waals surface area contributed by atoms with E-state index in [0.717, 1.165) is 10.1 Å². The van der Waals surface area contributed by atoms with Crippen molar-refractivity contribution in [1.82, 2.24) is 14.5 Å². The van der Waals surface area contributed by atoms with E-state index in [1.54, 1.807) is 12.1 Å². The maximum Gasteiger partial charge on any atom is 0.406 e. The van der Waals surface area contributed by atoms with E-state index in [1.165, 1.54) is 6.20 Å². The summed E-state index contributed by atoms with van der Waals surface area (Å²) >= 11 is 6.21. The fourth-order valence-corrected chi connectivity index (χ4v) is 3.22. The molecule has 0 radical (unpaired) electrons. The van der Waals surface area contributed by atoms with Crippen molar-refractivity contribution in [3.63, 3.8) is 0 Å². The molecule has 0 aliphatic carbocycles. The highest BCUT2D eigenvalue weighted by Gasteiger charge is 2.31. The van der Waals surface area contributed by atoms with E-state index >= 15 is 0 Å². The number of pyridine rings is 1. The van der Waals surface area contributed by atoms with Crippen LogP contribution in [-0.2, 0) is 13.1 Å². The highest BCUT2D eigenvalue weighted by molar-refractivity contribution is 6.37. The van der Waals surface area contributed by atoms with Crippen molar-refractivity contribution in [2.45, 2.75) is 19.3 Å². The number of hydrogen-bond acceptors (Lipinski definition) is 3. The molecule has 0 aliphatic rings. The van der Waals surface area contributed by atoms with Gasteiger partial charge >= 0.3 is 6.18 Å². The van der Waals surface area contributed by atoms with Crippen molar-refractivity contribution in [1.29, 1.82) is 5.26 Å². The smallest absolute Gasteiger partial charge is 0.329 e. The van der Waals surface area contributed by atoms with Crippen LogP contribution in [0.5, 0.6) is 0 Å². The number of nitrogens with zero attached hydrogens (tertiary/aromatic N) is 4. The summed E-state index contributed by atoms with van der Waals surface area (Å²) in [5, 5.41) is 9.68. The number of halogens is 4. The molecule has 0 N–H and O–H groups in total. The monoisotopic (exact) mass is 366 g/mol. The van der Waals surface area contributed by atoms with Gasteiger partial charge in [0, 0.05) is 18.1 Å². The van der Waals surface area contributed by atoms with Crippen LogP contribution in [0.15, 0.2) is 24.4 Å². The number of aromatic nitrogens is 2. The first kappa shape index (κ1) is 17.5. The average Bonchev–Trinajstić information content (AvgIpc) is 2.80. The summed E-state index contributed by atoms with van der Waals surface area (Å²) in [5.74, 6) is 0. The van der Waals surface area contributed by atoms with Gasteiger partial charge in [-0.3, -0.25) is 4.98 Å². The molecule has 2 heterocycles. The maximum absolute atomic E-state index is 13.1.